The number of pyridine rings is 1. The number of ether oxygens (including phenoxy) is 1. The predicted octanol–water partition coefficient (Wildman–Crippen LogP) is 3.31. The standard InChI is InChI=1S/C9H7BrClF2NO2/c1-16-9(15)6-2-4(8(12)13)5(3-11)7(10)14-6/h2,8H,3H2,1H3. The molecule has 0 unspecified atom stereocenters. The molecule has 0 atom stereocenters. The van der Waals surface area contributed by atoms with Gasteiger partial charge in [-0.15, -0.1) is 11.6 Å². The third kappa shape index (κ3) is 2.68. The van der Waals surface area contributed by atoms with Crippen LogP contribution in [0.1, 0.15) is 28.0 Å². The molecule has 0 aliphatic heterocycles. The smallest absolute Gasteiger partial charge is 0.356 e. The average Bonchev–Trinajstić information content (AvgIpc) is 2.26. The van der Waals surface area contributed by atoms with Crippen LogP contribution in [0.25, 0.3) is 0 Å². The molecule has 0 N–H and O–H groups in total. The van der Waals surface area contributed by atoms with E-state index in [1.165, 1.54) is 0 Å². The Hall–Kier alpha value is -0.750. The molecule has 0 bridgehead atoms. The first-order valence-corrected chi connectivity index (χ1v) is 5.45. The Balaban J connectivity index is 3.33. The van der Waals surface area contributed by atoms with Gasteiger partial charge in [0.1, 0.15) is 10.3 Å². The second kappa shape index (κ2) is 5.54. The molecule has 1 heterocycles. The lowest BCUT2D eigenvalue weighted by atomic mass is 10.1. The van der Waals surface area contributed by atoms with Gasteiger partial charge in [0.05, 0.1) is 13.0 Å². The van der Waals surface area contributed by atoms with Gasteiger partial charge in [0.25, 0.3) is 6.43 Å². The van der Waals surface area contributed by atoms with Crippen LogP contribution in [0.3, 0.4) is 0 Å². The van der Waals surface area contributed by atoms with Gasteiger partial charge in [0.2, 0.25) is 0 Å². The van der Waals surface area contributed by atoms with Crippen molar-refractivity contribution in [2.45, 2.75) is 12.3 Å². The fourth-order valence-electron chi connectivity index (χ4n) is 1.10. The highest BCUT2D eigenvalue weighted by Gasteiger charge is 2.20. The Morgan fingerprint density at radius 1 is 1.69 bits per heavy atom. The molecule has 0 saturated heterocycles. The summed E-state index contributed by atoms with van der Waals surface area (Å²) in [7, 11) is 1.15. The van der Waals surface area contributed by atoms with Gasteiger partial charge in [-0.25, -0.2) is 18.6 Å². The van der Waals surface area contributed by atoms with E-state index in [1.807, 2.05) is 0 Å². The fourth-order valence-corrected chi connectivity index (χ4v) is 2.10. The SMILES string of the molecule is COC(=O)c1cc(C(F)F)c(CCl)c(Br)n1. The van der Waals surface area contributed by atoms with Crippen molar-refractivity contribution in [2.24, 2.45) is 0 Å². The van der Waals surface area contributed by atoms with Gasteiger partial charge in [0, 0.05) is 11.1 Å². The molecule has 16 heavy (non-hydrogen) atoms. The number of esters is 1. The van der Waals surface area contributed by atoms with Crippen LogP contribution in [-0.4, -0.2) is 18.1 Å². The van der Waals surface area contributed by atoms with Gasteiger partial charge < -0.3 is 4.74 Å². The maximum atomic E-state index is 12.7. The van der Waals surface area contributed by atoms with Crippen molar-refractivity contribution >= 4 is 33.5 Å². The number of aromatic nitrogens is 1. The van der Waals surface area contributed by atoms with Crippen molar-refractivity contribution in [3.05, 3.63) is 27.5 Å². The molecule has 1 aromatic rings. The Labute approximate surface area is 104 Å². The molecule has 0 aromatic carbocycles. The molecule has 0 amide bonds. The lowest BCUT2D eigenvalue weighted by molar-refractivity contribution is 0.0593. The van der Waals surface area contributed by atoms with Crippen LogP contribution in [-0.2, 0) is 10.6 Å². The lowest BCUT2D eigenvalue weighted by Crippen LogP contribution is -2.08. The topological polar surface area (TPSA) is 39.2 Å². The molecule has 0 aliphatic rings. The second-order valence-electron chi connectivity index (χ2n) is 2.79. The Morgan fingerprint density at radius 2 is 2.31 bits per heavy atom. The summed E-state index contributed by atoms with van der Waals surface area (Å²) in [5.41, 5.74) is -0.333. The molecule has 0 spiro atoms. The minimum Gasteiger partial charge on any atom is -0.464 e. The number of halogens is 4. The van der Waals surface area contributed by atoms with Crippen LogP contribution in [0.4, 0.5) is 8.78 Å². The van der Waals surface area contributed by atoms with E-state index in [0.29, 0.717) is 0 Å². The van der Waals surface area contributed by atoms with E-state index in [9.17, 15) is 13.6 Å². The van der Waals surface area contributed by atoms with Gasteiger partial charge in [0.15, 0.2) is 0 Å². The summed E-state index contributed by atoms with van der Waals surface area (Å²) in [5.74, 6) is -0.891. The fraction of sp³-hybridized carbons (Fsp3) is 0.333. The Kier molecular flexibility index (Phi) is 4.61. The third-order valence-corrected chi connectivity index (χ3v) is 2.79. The Bertz CT molecular complexity index is 415. The molecule has 88 valence electrons. The Morgan fingerprint density at radius 3 is 2.75 bits per heavy atom. The van der Waals surface area contributed by atoms with Crippen molar-refractivity contribution in [3.63, 3.8) is 0 Å². The third-order valence-electron chi connectivity index (χ3n) is 1.87. The zero-order valence-corrected chi connectivity index (χ0v) is 10.5. The summed E-state index contributed by atoms with van der Waals surface area (Å²) in [6.07, 6.45) is -2.73. The largest absolute Gasteiger partial charge is 0.464 e. The molecular weight excluding hydrogens is 307 g/mol. The first kappa shape index (κ1) is 13.3. The molecule has 1 rings (SSSR count). The van der Waals surface area contributed by atoms with E-state index in [4.69, 9.17) is 11.6 Å². The molecule has 0 aliphatic carbocycles. The lowest BCUT2D eigenvalue weighted by Gasteiger charge is -2.09. The number of alkyl halides is 3. The van der Waals surface area contributed by atoms with Gasteiger partial charge in [-0.05, 0) is 22.0 Å². The van der Waals surface area contributed by atoms with E-state index in [0.717, 1.165) is 13.2 Å². The predicted molar refractivity (Wildman–Crippen MR) is 57.8 cm³/mol. The maximum Gasteiger partial charge on any atom is 0.356 e. The van der Waals surface area contributed by atoms with Gasteiger partial charge in [-0.1, -0.05) is 0 Å². The van der Waals surface area contributed by atoms with Crippen LogP contribution < -0.4 is 0 Å². The summed E-state index contributed by atoms with van der Waals surface area (Å²) in [4.78, 5) is 14.9. The second-order valence-corrected chi connectivity index (χ2v) is 3.81. The zero-order valence-electron chi connectivity index (χ0n) is 8.14. The van der Waals surface area contributed by atoms with Crippen molar-refractivity contribution < 1.29 is 18.3 Å². The van der Waals surface area contributed by atoms with Crippen LogP contribution in [0, 0.1) is 0 Å². The maximum absolute atomic E-state index is 12.7. The number of hydrogen-bond donors (Lipinski definition) is 0. The monoisotopic (exact) mass is 313 g/mol. The number of methoxy groups -OCH3 is 1. The molecule has 0 radical (unpaired) electrons. The number of nitrogens with zero attached hydrogens (tertiary/aromatic N) is 1. The molecular formula is C9H7BrClF2NO2. The van der Waals surface area contributed by atoms with E-state index in [-0.39, 0.29) is 27.3 Å². The summed E-state index contributed by atoms with van der Waals surface area (Å²) in [6, 6.07) is 0.985. The van der Waals surface area contributed by atoms with E-state index >= 15 is 0 Å². The quantitative estimate of drug-likeness (QED) is 0.488. The van der Waals surface area contributed by atoms with Crippen molar-refractivity contribution in [2.75, 3.05) is 7.11 Å². The molecule has 7 heteroatoms. The van der Waals surface area contributed by atoms with E-state index in [1.54, 1.807) is 0 Å². The molecule has 0 saturated carbocycles. The van der Waals surface area contributed by atoms with Gasteiger partial charge in [-0.2, -0.15) is 0 Å². The van der Waals surface area contributed by atoms with Crippen LogP contribution in [0.2, 0.25) is 0 Å². The zero-order chi connectivity index (χ0) is 12.3. The molecule has 3 nitrogen and oxygen atoms in total. The highest BCUT2D eigenvalue weighted by atomic mass is 79.9. The van der Waals surface area contributed by atoms with Gasteiger partial charge >= 0.3 is 5.97 Å². The molecule has 1 aromatic heterocycles. The van der Waals surface area contributed by atoms with Crippen molar-refractivity contribution in [1.82, 2.24) is 4.98 Å². The van der Waals surface area contributed by atoms with Crippen molar-refractivity contribution in [1.29, 1.82) is 0 Å². The van der Waals surface area contributed by atoms with E-state index in [2.05, 4.69) is 25.7 Å². The number of carbonyl (C=O) groups is 1. The summed E-state index contributed by atoms with van der Waals surface area (Å²) < 4.78 is 29.9. The minimum atomic E-state index is -2.73. The van der Waals surface area contributed by atoms with Crippen LogP contribution in [0.15, 0.2) is 10.7 Å². The number of rotatable bonds is 3. The average molecular weight is 315 g/mol. The highest BCUT2D eigenvalue weighted by Crippen LogP contribution is 2.29. The highest BCUT2D eigenvalue weighted by molar-refractivity contribution is 9.10. The minimum absolute atomic E-state index is 0.116. The van der Waals surface area contributed by atoms with Crippen LogP contribution >= 0.6 is 27.5 Å². The van der Waals surface area contributed by atoms with E-state index < -0.39 is 12.4 Å². The normalized spacial score (nSPS) is 10.6. The van der Waals surface area contributed by atoms with Crippen LogP contribution in [0.5, 0.6) is 0 Å². The molecule has 0 fully saturated rings. The van der Waals surface area contributed by atoms with Crippen molar-refractivity contribution in [3.8, 4) is 0 Å². The van der Waals surface area contributed by atoms with Gasteiger partial charge in [-0.3, -0.25) is 0 Å². The first-order valence-electron chi connectivity index (χ1n) is 4.13. The number of hydrogen-bond acceptors (Lipinski definition) is 3. The first-order chi connectivity index (χ1) is 7.51. The summed E-state index contributed by atoms with van der Waals surface area (Å²) >= 11 is 8.51. The number of carbonyl (C=O) groups excluding carboxylic acids is 1. The summed E-state index contributed by atoms with van der Waals surface area (Å²) in [5, 5.41) is 0. The summed E-state index contributed by atoms with van der Waals surface area (Å²) in [6.45, 7) is 0.